The van der Waals surface area contributed by atoms with Gasteiger partial charge in [0.1, 0.15) is 0 Å². The lowest BCUT2D eigenvalue weighted by Gasteiger charge is -2.63. The standard InChI is InChI=1S/C23H32F2N2O2/c24-20-4-3-18(13-21(20)25)14-26-9-5-19(6-10-26)27-15-22(29-16-17-1-2-17)23(27)7-11-28-12-8-23/h3-4,13,17,19,22H,1-2,5-12,14-16H2. The zero-order chi connectivity index (χ0) is 19.8. The predicted octanol–water partition coefficient (Wildman–Crippen LogP) is 3.59. The highest BCUT2D eigenvalue weighted by Gasteiger charge is 2.57. The number of halogens is 2. The summed E-state index contributed by atoms with van der Waals surface area (Å²) in [7, 11) is 0. The second kappa shape index (κ2) is 8.22. The van der Waals surface area contributed by atoms with E-state index in [2.05, 4.69) is 9.80 Å². The van der Waals surface area contributed by atoms with Gasteiger partial charge < -0.3 is 9.47 Å². The molecular formula is C23H32F2N2O2. The quantitative estimate of drug-likeness (QED) is 0.721. The highest BCUT2D eigenvalue weighted by atomic mass is 19.2. The summed E-state index contributed by atoms with van der Waals surface area (Å²) in [4.78, 5) is 5.09. The molecule has 1 aromatic rings. The molecule has 3 aliphatic heterocycles. The minimum absolute atomic E-state index is 0.181. The molecule has 29 heavy (non-hydrogen) atoms. The van der Waals surface area contributed by atoms with E-state index in [4.69, 9.17) is 9.47 Å². The van der Waals surface area contributed by atoms with Crippen LogP contribution < -0.4 is 0 Å². The molecule has 1 aromatic carbocycles. The second-order valence-electron chi connectivity index (χ2n) is 9.39. The number of likely N-dealkylation sites (tertiary alicyclic amines) is 2. The fourth-order valence-electron chi connectivity index (χ4n) is 5.48. The minimum atomic E-state index is -0.773. The Bertz CT molecular complexity index is 713. The molecule has 5 rings (SSSR count). The molecule has 160 valence electrons. The Hall–Kier alpha value is -1.08. The smallest absolute Gasteiger partial charge is 0.159 e. The molecule has 4 nitrogen and oxygen atoms in total. The number of hydrogen-bond acceptors (Lipinski definition) is 4. The van der Waals surface area contributed by atoms with E-state index in [1.54, 1.807) is 6.07 Å². The molecule has 0 N–H and O–H groups in total. The Kier molecular flexibility index (Phi) is 5.63. The summed E-state index contributed by atoms with van der Waals surface area (Å²) in [5, 5.41) is 0. The van der Waals surface area contributed by atoms with Crippen LogP contribution in [-0.2, 0) is 16.0 Å². The lowest BCUT2D eigenvalue weighted by atomic mass is 9.73. The van der Waals surface area contributed by atoms with Crippen LogP contribution in [0.3, 0.4) is 0 Å². The van der Waals surface area contributed by atoms with Crippen molar-refractivity contribution >= 4 is 0 Å². The lowest BCUT2D eigenvalue weighted by molar-refractivity contribution is -0.218. The first-order chi connectivity index (χ1) is 14.1. The maximum atomic E-state index is 13.5. The van der Waals surface area contributed by atoms with Gasteiger partial charge in [0.2, 0.25) is 0 Å². The fourth-order valence-corrected chi connectivity index (χ4v) is 5.48. The van der Waals surface area contributed by atoms with Crippen LogP contribution in [0.15, 0.2) is 18.2 Å². The van der Waals surface area contributed by atoms with Crippen LogP contribution in [0.2, 0.25) is 0 Å². The predicted molar refractivity (Wildman–Crippen MR) is 107 cm³/mol. The average Bonchev–Trinajstić information content (AvgIpc) is 3.56. The third kappa shape index (κ3) is 4.09. The number of nitrogens with zero attached hydrogens (tertiary/aromatic N) is 2. The van der Waals surface area contributed by atoms with Crippen molar-refractivity contribution in [1.82, 2.24) is 9.80 Å². The first kappa shape index (κ1) is 19.9. The Morgan fingerprint density at radius 3 is 2.48 bits per heavy atom. The molecule has 1 atom stereocenters. The van der Waals surface area contributed by atoms with Gasteiger partial charge in [-0.25, -0.2) is 8.78 Å². The summed E-state index contributed by atoms with van der Waals surface area (Å²) >= 11 is 0. The van der Waals surface area contributed by atoms with Crippen molar-refractivity contribution in [2.24, 2.45) is 5.92 Å². The third-order valence-electron chi connectivity index (χ3n) is 7.51. The SMILES string of the molecule is Fc1ccc(CN2CCC(N3CC(OCC4CC4)C34CCOCC4)CC2)cc1F. The Morgan fingerprint density at radius 2 is 1.79 bits per heavy atom. The Labute approximate surface area is 172 Å². The molecule has 4 fully saturated rings. The van der Waals surface area contributed by atoms with Crippen molar-refractivity contribution in [2.75, 3.05) is 39.5 Å². The van der Waals surface area contributed by atoms with Crippen molar-refractivity contribution in [3.05, 3.63) is 35.4 Å². The van der Waals surface area contributed by atoms with Crippen molar-refractivity contribution in [1.29, 1.82) is 0 Å². The van der Waals surface area contributed by atoms with E-state index in [0.717, 1.165) is 76.6 Å². The van der Waals surface area contributed by atoms with E-state index in [9.17, 15) is 8.78 Å². The van der Waals surface area contributed by atoms with E-state index >= 15 is 0 Å². The summed E-state index contributed by atoms with van der Waals surface area (Å²) in [5.74, 6) is -0.720. The minimum Gasteiger partial charge on any atom is -0.381 e. The van der Waals surface area contributed by atoms with E-state index < -0.39 is 11.6 Å². The van der Waals surface area contributed by atoms with E-state index in [-0.39, 0.29) is 5.54 Å². The molecule has 1 spiro atoms. The van der Waals surface area contributed by atoms with Gasteiger partial charge in [-0.1, -0.05) is 6.07 Å². The van der Waals surface area contributed by atoms with Gasteiger partial charge in [0, 0.05) is 39.0 Å². The molecule has 0 aromatic heterocycles. The summed E-state index contributed by atoms with van der Waals surface area (Å²) in [6.07, 6.45) is 7.46. The Balaban J connectivity index is 1.17. The van der Waals surface area contributed by atoms with E-state index in [1.807, 2.05) is 0 Å². The highest BCUT2D eigenvalue weighted by Crippen LogP contribution is 2.45. The van der Waals surface area contributed by atoms with Gasteiger partial charge in [-0.05, 0) is 75.2 Å². The first-order valence-electron chi connectivity index (χ1n) is 11.3. The van der Waals surface area contributed by atoms with Crippen LogP contribution in [0, 0.1) is 17.6 Å². The molecule has 3 saturated heterocycles. The molecule has 1 unspecified atom stereocenters. The van der Waals surface area contributed by atoms with Gasteiger partial charge in [0.05, 0.1) is 11.6 Å². The number of piperidine rings is 1. The molecular weight excluding hydrogens is 374 g/mol. The number of benzene rings is 1. The zero-order valence-corrected chi connectivity index (χ0v) is 17.1. The van der Waals surface area contributed by atoms with Gasteiger partial charge in [0.25, 0.3) is 0 Å². The van der Waals surface area contributed by atoms with Gasteiger partial charge in [-0.2, -0.15) is 0 Å². The van der Waals surface area contributed by atoms with Crippen molar-refractivity contribution < 1.29 is 18.3 Å². The first-order valence-corrected chi connectivity index (χ1v) is 11.3. The normalized spacial score (nSPS) is 28.6. The van der Waals surface area contributed by atoms with Crippen LogP contribution in [0.1, 0.15) is 44.1 Å². The van der Waals surface area contributed by atoms with Crippen molar-refractivity contribution in [2.45, 2.75) is 62.8 Å². The van der Waals surface area contributed by atoms with E-state index in [0.29, 0.717) is 18.7 Å². The lowest BCUT2D eigenvalue weighted by Crippen LogP contribution is -2.76. The largest absolute Gasteiger partial charge is 0.381 e. The van der Waals surface area contributed by atoms with Gasteiger partial charge in [-0.3, -0.25) is 9.80 Å². The molecule has 1 saturated carbocycles. The third-order valence-corrected chi connectivity index (χ3v) is 7.51. The van der Waals surface area contributed by atoms with Crippen molar-refractivity contribution in [3.8, 4) is 0 Å². The maximum Gasteiger partial charge on any atom is 0.159 e. The van der Waals surface area contributed by atoms with E-state index in [1.165, 1.54) is 25.0 Å². The molecule has 0 amide bonds. The number of ether oxygens (including phenoxy) is 2. The molecule has 4 aliphatic rings. The second-order valence-corrected chi connectivity index (χ2v) is 9.39. The monoisotopic (exact) mass is 406 g/mol. The van der Waals surface area contributed by atoms with Gasteiger partial charge in [0.15, 0.2) is 11.6 Å². The molecule has 1 aliphatic carbocycles. The zero-order valence-electron chi connectivity index (χ0n) is 17.1. The molecule has 3 heterocycles. The number of hydrogen-bond donors (Lipinski definition) is 0. The summed E-state index contributed by atoms with van der Waals surface area (Å²) in [6, 6.07) is 4.85. The van der Waals surface area contributed by atoms with Gasteiger partial charge in [-0.15, -0.1) is 0 Å². The van der Waals surface area contributed by atoms with Gasteiger partial charge >= 0.3 is 0 Å². The Morgan fingerprint density at radius 1 is 1.03 bits per heavy atom. The summed E-state index contributed by atoms with van der Waals surface area (Å²) in [6.45, 7) is 6.37. The van der Waals surface area contributed by atoms with Crippen LogP contribution in [0.25, 0.3) is 0 Å². The fraction of sp³-hybridized carbons (Fsp3) is 0.739. The molecule has 0 bridgehead atoms. The average molecular weight is 407 g/mol. The summed E-state index contributed by atoms with van der Waals surface area (Å²) < 4.78 is 38.7. The van der Waals surface area contributed by atoms with Crippen LogP contribution in [0.5, 0.6) is 0 Å². The van der Waals surface area contributed by atoms with Crippen LogP contribution >= 0.6 is 0 Å². The molecule has 6 heteroatoms. The summed E-state index contributed by atoms with van der Waals surface area (Å²) in [5.41, 5.74) is 1.03. The van der Waals surface area contributed by atoms with Crippen LogP contribution in [0.4, 0.5) is 8.78 Å². The van der Waals surface area contributed by atoms with Crippen LogP contribution in [-0.4, -0.2) is 66.9 Å². The molecule has 0 radical (unpaired) electrons. The topological polar surface area (TPSA) is 24.9 Å². The number of rotatable bonds is 6. The van der Waals surface area contributed by atoms with Crippen molar-refractivity contribution in [3.63, 3.8) is 0 Å². The maximum absolute atomic E-state index is 13.5. The highest BCUT2D eigenvalue weighted by molar-refractivity contribution is 5.18.